The van der Waals surface area contributed by atoms with Crippen molar-refractivity contribution in [2.45, 2.75) is 46.5 Å². The van der Waals surface area contributed by atoms with Crippen LogP contribution in [0.15, 0.2) is 77.5 Å². The molecular weight excluding hydrogens is 551 g/mol. The predicted octanol–water partition coefficient (Wildman–Crippen LogP) is 9.46. The number of anilines is 1. The molecule has 200 valence electrons. The van der Waals surface area contributed by atoms with Gasteiger partial charge >= 0.3 is 0 Å². The summed E-state index contributed by atoms with van der Waals surface area (Å²) in [4.78, 5) is 15.8. The van der Waals surface area contributed by atoms with Crippen molar-refractivity contribution in [1.29, 1.82) is 5.41 Å². The molecule has 39 heavy (non-hydrogen) atoms. The van der Waals surface area contributed by atoms with E-state index in [0.29, 0.717) is 55.9 Å². The van der Waals surface area contributed by atoms with Crippen LogP contribution in [0.1, 0.15) is 54.9 Å². The fraction of sp³-hybridized carbons (Fsp3) is 0.250. The van der Waals surface area contributed by atoms with Gasteiger partial charge in [-0.3, -0.25) is 15.1 Å². The lowest BCUT2D eigenvalue weighted by atomic mass is 9.67. The number of halogens is 3. The summed E-state index contributed by atoms with van der Waals surface area (Å²) in [5, 5.41) is 22.8. The molecule has 3 aromatic carbocycles. The van der Waals surface area contributed by atoms with Crippen LogP contribution in [0.3, 0.4) is 0 Å². The first kappa shape index (κ1) is 27.5. The lowest BCUT2D eigenvalue weighted by molar-refractivity contribution is -0.118. The Hall–Kier alpha value is -3.05. The van der Waals surface area contributed by atoms with Crippen molar-refractivity contribution < 1.29 is 9.90 Å². The maximum atomic E-state index is 14.0. The third-order valence-electron chi connectivity index (χ3n) is 7.56. The van der Waals surface area contributed by atoms with E-state index >= 15 is 0 Å². The van der Waals surface area contributed by atoms with Crippen LogP contribution >= 0.6 is 34.8 Å². The van der Waals surface area contributed by atoms with Gasteiger partial charge < -0.3 is 5.11 Å². The number of aryl methyl sites for hydroxylation is 1. The standard InChI is InChI=1S/C32H29Cl3N2O2/c1-17-8-10-19(11-9-17)30(39)29-27(21-13-12-20(33)14-23(21)35)28-25(15-32(3,4)16-26(28)38)37(31(29)36)24-7-5-6-22(34)18(24)2/h5-14,27,36,39H,15-16H2,1-4H3/t27-/m1/s1. The fourth-order valence-electron chi connectivity index (χ4n) is 5.63. The molecule has 2 N–H and O–H groups in total. The molecule has 7 heteroatoms. The van der Waals surface area contributed by atoms with Gasteiger partial charge in [0.2, 0.25) is 0 Å². The van der Waals surface area contributed by atoms with Gasteiger partial charge in [-0.1, -0.05) is 90.6 Å². The highest BCUT2D eigenvalue weighted by Crippen LogP contribution is 2.53. The highest BCUT2D eigenvalue weighted by atomic mass is 35.5. The van der Waals surface area contributed by atoms with Crippen molar-refractivity contribution in [3.05, 3.63) is 115 Å². The third-order valence-corrected chi connectivity index (χ3v) is 8.53. The van der Waals surface area contributed by atoms with Crippen molar-refractivity contribution >= 4 is 57.9 Å². The number of ketones is 1. The molecule has 0 fully saturated rings. The molecule has 0 saturated heterocycles. The number of rotatable bonds is 3. The molecule has 2 aliphatic rings. The van der Waals surface area contributed by atoms with E-state index in [0.717, 1.165) is 16.8 Å². The minimum Gasteiger partial charge on any atom is -0.507 e. The smallest absolute Gasteiger partial charge is 0.162 e. The maximum Gasteiger partial charge on any atom is 0.162 e. The lowest BCUT2D eigenvalue weighted by Crippen LogP contribution is -2.45. The van der Waals surface area contributed by atoms with Crippen LogP contribution in [0.5, 0.6) is 0 Å². The Morgan fingerprint density at radius 1 is 0.974 bits per heavy atom. The second kappa shape index (κ2) is 10.2. The van der Waals surface area contributed by atoms with Crippen molar-refractivity contribution in [3.8, 4) is 0 Å². The topological polar surface area (TPSA) is 64.4 Å². The Morgan fingerprint density at radius 3 is 2.33 bits per heavy atom. The SMILES string of the molecule is Cc1ccc(C(O)=C2C(=N)N(c3cccc(Cl)c3C)C3=C(C(=O)CC(C)(C)C3)[C@H]2c2ccc(Cl)cc2Cl)cc1. The molecule has 1 heterocycles. The zero-order chi connectivity index (χ0) is 28.2. The number of amidine groups is 1. The molecule has 1 aliphatic heterocycles. The predicted molar refractivity (Wildman–Crippen MR) is 161 cm³/mol. The molecule has 0 spiro atoms. The van der Waals surface area contributed by atoms with Crippen LogP contribution in [0, 0.1) is 24.7 Å². The summed E-state index contributed by atoms with van der Waals surface area (Å²) in [6, 6.07) is 18.1. The van der Waals surface area contributed by atoms with Gasteiger partial charge in [0, 0.05) is 49.8 Å². The minimum atomic E-state index is -0.752. The number of nitrogens with zero attached hydrogens (tertiary/aromatic N) is 1. The van der Waals surface area contributed by atoms with Crippen LogP contribution in [-0.2, 0) is 4.79 Å². The van der Waals surface area contributed by atoms with Crippen LogP contribution in [-0.4, -0.2) is 16.7 Å². The minimum absolute atomic E-state index is 0.0383. The molecule has 3 aromatic rings. The number of carbonyl (C=O) groups excluding carboxylic acids is 1. The number of hydrogen-bond donors (Lipinski definition) is 2. The molecule has 5 rings (SSSR count). The van der Waals surface area contributed by atoms with Crippen LogP contribution in [0.2, 0.25) is 15.1 Å². The van der Waals surface area contributed by atoms with Gasteiger partial charge in [-0.15, -0.1) is 0 Å². The monoisotopic (exact) mass is 578 g/mol. The summed E-state index contributed by atoms with van der Waals surface area (Å²) in [6.45, 7) is 7.98. The molecular formula is C32H29Cl3N2O2. The molecule has 0 bridgehead atoms. The van der Waals surface area contributed by atoms with Gasteiger partial charge in [0.15, 0.2) is 5.78 Å². The maximum absolute atomic E-state index is 14.0. The van der Waals surface area contributed by atoms with E-state index in [2.05, 4.69) is 13.8 Å². The summed E-state index contributed by atoms with van der Waals surface area (Å²) >= 11 is 19.5. The summed E-state index contributed by atoms with van der Waals surface area (Å²) in [6.07, 6.45) is 0.893. The zero-order valence-electron chi connectivity index (χ0n) is 22.2. The van der Waals surface area contributed by atoms with Crippen molar-refractivity contribution in [2.75, 3.05) is 4.90 Å². The molecule has 0 saturated carbocycles. The number of carbonyl (C=O) groups is 1. The lowest BCUT2D eigenvalue weighted by Gasteiger charge is -2.45. The number of hydrogen-bond acceptors (Lipinski definition) is 3. The number of aliphatic hydroxyl groups excluding tert-OH is 1. The van der Waals surface area contributed by atoms with E-state index in [4.69, 9.17) is 34.8 Å². The first-order chi connectivity index (χ1) is 18.4. The first-order valence-electron chi connectivity index (χ1n) is 12.7. The largest absolute Gasteiger partial charge is 0.507 e. The molecule has 0 aromatic heterocycles. The van der Waals surface area contributed by atoms with E-state index in [1.165, 1.54) is 0 Å². The van der Waals surface area contributed by atoms with E-state index in [9.17, 15) is 15.3 Å². The van der Waals surface area contributed by atoms with Crippen LogP contribution in [0.4, 0.5) is 5.69 Å². The van der Waals surface area contributed by atoms with E-state index in [1.807, 2.05) is 50.2 Å². The molecule has 0 unspecified atom stereocenters. The Labute approximate surface area is 244 Å². The average Bonchev–Trinajstić information content (AvgIpc) is 2.85. The molecule has 4 nitrogen and oxygen atoms in total. The van der Waals surface area contributed by atoms with Gasteiger partial charge in [-0.05, 0) is 61.1 Å². The van der Waals surface area contributed by atoms with E-state index < -0.39 is 5.92 Å². The number of allylic oxidation sites excluding steroid dienone is 2. The van der Waals surface area contributed by atoms with E-state index in [1.54, 1.807) is 29.2 Å². The first-order valence-corrected chi connectivity index (χ1v) is 13.9. The Kier molecular flexibility index (Phi) is 7.17. The fourth-order valence-corrected chi connectivity index (χ4v) is 6.32. The quantitative estimate of drug-likeness (QED) is 0.304. The summed E-state index contributed by atoms with van der Waals surface area (Å²) in [5.74, 6) is -0.801. The highest BCUT2D eigenvalue weighted by molar-refractivity contribution is 6.35. The second-order valence-electron chi connectivity index (χ2n) is 11.1. The number of nitrogens with one attached hydrogen (secondary N) is 1. The summed E-state index contributed by atoms with van der Waals surface area (Å²) < 4.78 is 0. The highest BCUT2D eigenvalue weighted by Gasteiger charge is 2.47. The Morgan fingerprint density at radius 2 is 1.67 bits per heavy atom. The van der Waals surface area contributed by atoms with Gasteiger partial charge in [-0.25, -0.2) is 0 Å². The third kappa shape index (κ3) is 4.91. The second-order valence-corrected chi connectivity index (χ2v) is 12.3. The Balaban J connectivity index is 1.90. The van der Waals surface area contributed by atoms with Gasteiger partial charge in [0.05, 0.1) is 5.69 Å². The Bertz CT molecular complexity index is 1590. The molecule has 0 radical (unpaired) electrons. The normalized spacial score (nSPS) is 20.3. The van der Waals surface area contributed by atoms with Crippen LogP contribution in [0.25, 0.3) is 5.76 Å². The van der Waals surface area contributed by atoms with Gasteiger partial charge in [0.1, 0.15) is 11.6 Å². The van der Waals surface area contributed by atoms with Crippen molar-refractivity contribution in [1.82, 2.24) is 0 Å². The number of aliphatic hydroxyl groups is 1. The molecule has 0 amide bonds. The van der Waals surface area contributed by atoms with Gasteiger partial charge in [-0.2, -0.15) is 0 Å². The molecule has 1 aliphatic carbocycles. The molecule has 1 atom stereocenters. The number of Topliss-reactive ketones (excluding diaryl/α,β-unsaturated/α-hetero) is 1. The van der Waals surface area contributed by atoms with Crippen molar-refractivity contribution in [3.63, 3.8) is 0 Å². The van der Waals surface area contributed by atoms with Crippen LogP contribution < -0.4 is 4.90 Å². The average molecular weight is 580 g/mol. The number of benzene rings is 3. The summed E-state index contributed by atoms with van der Waals surface area (Å²) in [7, 11) is 0. The van der Waals surface area contributed by atoms with E-state index in [-0.39, 0.29) is 22.8 Å². The van der Waals surface area contributed by atoms with Crippen molar-refractivity contribution in [2.24, 2.45) is 5.41 Å². The summed E-state index contributed by atoms with van der Waals surface area (Å²) in [5.41, 5.74) is 4.91. The van der Waals surface area contributed by atoms with Gasteiger partial charge in [0.25, 0.3) is 0 Å². The zero-order valence-corrected chi connectivity index (χ0v) is 24.5.